The molecule has 0 saturated heterocycles. The number of hydrogen-bond acceptors (Lipinski definition) is 7. The molecule has 0 aliphatic heterocycles. The second-order valence-corrected chi connectivity index (χ2v) is 3.31. The quantitative estimate of drug-likeness (QED) is 0.217. The molecular weight excluding hydrogens is 202 g/mol. The second-order valence-electron chi connectivity index (χ2n) is 3.31. The van der Waals surface area contributed by atoms with E-state index in [-0.39, 0.29) is 5.56 Å². The van der Waals surface area contributed by atoms with E-state index in [1.807, 2.05) is 0 Å². The molecule has 1 aromatic carbocycles. The average molecular weight is 215 g/mol. The minimum Gasteiger partial charge on any atom is -0.504 e. The van der Waals surface area contributed by atoms with Gasteiger partial charge in [0.25, 0.3) is 0 Å². The molecule has 0 aliphatic rings. The summed E-state index contributed by atoms with van der Waals surface area (Å²) in [4.78, 5) is 0. The van der Waals surface area contributed by atoms with Crippen molar-refractivity contribution in [2.75, 3.05) is 0 Å². The van der Waals surface area contributed by atoms with Crippen molar-refractivity contribution in [3.8, 4) is 11.5 Å². The molecule has 1 rings (SSSR count). The molecule has 7 nitrogen and oxygen atoms in total. The molecule has 7 heteroatoms. The minimum absolute atomic E-state index is 0.231. The summed E-state index contributed by atoms with van der Waals surface area (Å²) >= 11 is 0. The summed E-state index contributed by atoms with van der Waals surface area (Å²) < 4.78 is 0. The molecule has 0 fully saturated rings. The van der Waals surface area contributed by atoms with Gasteiger partial charge in [0.05, 0.1) is 0 Å². The average Bonchev–Trinajstić information content (AvgIpc) is 2.07. The number of aromatic hydroxyl groups is 2. The normalized spacial score (nSPS) is 12.9. The van der Waals surface area contributed by atoms with E-state index in [1.54, 1.807) is 0 Å². The lowest BCUT2D eigenvalue weighted by Gasteiger charge is -2.34. The maximum absolute atomic E-state index is 9.53. The van der Waals surface area contributed by atoms with Gasteiger partial charge in [-0.3, -0.25) is 17.2 Å². The second kappa shape index (κ2) is 3.33. The summed E-state index contributed by atoms with van der Waals surface area (Å²) in [5, 5.41) is 37.2. The van der Waals surface area contributed by atoms with Crippen LogP contribution in [0.4, 0.5) is 0 Å². The summed E-state index contributed by atoms with van der Waals surface area (Å²) in [5.41, 5.74) is 15.2. The lowest BCUT2D eigenvalue weighted by Crippen LogP contribution is -2.71. The van der Waals surface area contributed by atoms with Crippen molar-refractivity contribution in [3.63, 3.8) is 0 Å². The number of nitrogens with two attached hydrogens (primary N) is 3. The van der Waals surface area contributed by atoms with Gasteiger partial charge in [0.1, 0.15) is 0 Å². The van der Waals surface area contributed by atoms with Gasteiger partial charge in [-0.15, -0.1) is 0 Å². The van der Waals surface area contributed by atoms with E-state index in [2.05, 4.69) is 0 Å². The Bertz CT molecular complexity index is 373. The highest BCUT2D eigenvalue weighted by Crippen LogP contribution is 2.31. The zero-order valence-corrected chi connectivity index (χ0v) is 7.75. The molecule has 0 saturated carbocycles. The zero-order chi connectivity index (χ0) is 11.9. The number of rotatable bonds is 2. The van der Waals surface area contributed by atoms with Crippen LogP contribution < -0.4 is 17.2 Å². The fourth-order valence-electron chi connectivity index (χ4n) is 0.990. The van der Waals surface area contributed by atoms with Gasteiger partial charge in [0.2, 0.25) is 5.79 Å². The Kier molecular flexibility index (Phi) is 2.60. The lowest BCUT2D eigenvalue weighted by atomic mass is 9.99. The molecule has 0 unspecified atom stereocenters. The number of phenols is 2. The number of benzene rings is 1. The summed E-state index contributed by atoms with van der Waals surface area (Å²) in [5.74, 6) is -5.97. The molecule has 0 amide bonds. The van der Waals surface area contributed by atoms with E-state index in [0.29, 0.717) is 0 Å². The monoisotopic (exact) mass is 215 g/mol. The molecule has 10 N–H and O–H groups in total. The molecule has 84 valence electrons. The Hall–Kier alpha value is -1.38. The Labute approximate surface area is 85.4 Å². The van der Waals surface area contributed by atoms with E-state index in [9.17, 15) is 10.2 Å². The molecular formula is C8H13N3O4. The summed E-state index contributed by atoms with van der Waals surface area (Å²) in [6, 6.07) is 3.07. The van der Waals surface area contributed by atoms with Crippen LogP contribution in [0.2, 0.25) is 0 Å². The van der Waals surface area contributed by atoms with Crippen molar-refractivity contribution in [2.45, 2.75) is 11.6 Å². The van der Waals surface area contributed by atoms with Crippen molar-refractivity contribution < 1.29 is 20.4 Å². The van der Waals surface area contributed by atoms with Crippen LogP contribution in [0.1, 0.15) is 5.56 Å². The van der Waals surface area contributed by atoms with E-state index < -0.39 is 23.1 Å². The van der Waals surface area contributed by atoms with E-state index in [1.165, 1.54) is 0 Å². The first-order chi connectivity index (χ1) is 6.66. The Morgan fingerprint density at radius 3 is 1.87 bits per heavy atom. The molecule has 0 aromatic heterocycles. The molecule has 0 aliphatic carbocycles. The van der Waals surface area contributed by atoms with Gasteiger partial charge in [-0.1, -0.05) is 0 Å². The SMILES string of the molecule is NC(N)(N)C(O)(O)c1ccc(O)c(O)c1. The molecule has 0 spiro atoms. The largest absolute Gasteiger partial charge is 0.504 e. The fraction of sp³-hybridized carbons (Fsp3) is 0.250. The number of hydrogen-bond donors (Lipinski definition) is 7. The van der Waals surface area contributed by atoms with E-state index >= 15 is 0 Å². The summed E-state index contributed by atoms with van der Waals surface area (Å²) in [6.45, 7) is 0. The van der Waals surface area contributed by atoms with Crippen molar-refractivity contribution in [3.05, 3.63) is 23.8 Å². The number of phenolic OH excluding ortho intramolecular Hbond substituents is 2. The Morgan fingerprint density at radius 1 is 0.933 bits per heavy atom. The lowest BCUT2D eigenvalue weighted by molar-refractivity contribution is -0.217. The van der Waals surface area contributed by atoms with Crippen LogP contribution in [-0.4, -0.2) is 26.2 Å². The standard InChI is InChI=1S/C8H13N3O4/c9-8(10,11)7(14,15)4-1-2-5(12)6(13)3-4/h1-3,12-15H,9-11H2. The molecule has 0 heterocycles. The third kappa shape index (κ3) is 2.01. The number of aliphatic hydroxyl groups is 2. The highest BCUT2D eigenvalue weighted by atomic mass is 16.5. The summed E-state index contributed by atoms with van der Waals surface area (Å²) in [7, 11) is 0. The van der Waals surface area contributed by atoms with Crippen LogP contribution in [0.3, 0.4) is 0 Å². The van der Waals surface area contributed by atoms with Crippen LogP contribution in [0.15, 0.2) is 18.2 Å². The van der Waals surface area contributed by atoms with E-state index in [4.69, 9.17) is 27.4 Å². The minimum atomic E-state index is -2.72. The van der Waals surface area contributed by atoms with Crippen LogP contribution in [0.25, 0.3) is 0 Å². The molecule has 15 heavy (non-hydrogen) atoms. The molecule has 0 radical (unpaired) electrons. The van der Waals surface area contributed by atoms with Crippen molar-refractivity contribution >= 4 is 0 Å². The van der Waals surface area contributed by atoms with Gasteiger partial charge < -0.3 is 20.4 Å². The maximum atomic E-state index is 9.53. The van der Waals surface area contributed by atoms with Gasteiger partial charge >= 0.3 is 0 Å². The molecule has 1 aromatic rings. The first kappa shape index (κ1) is 11.7. The smallest absolute Gasteiger partial charge is 0.236 e. The predicted molar refractivity (Wildman–Crippen MR) is 51.2 cm³/mol. The predicted octanol–water partition coefficient (Wildman–Crippen LogP) is -2.23. The van der Waals surface area contributed by atoms with Crippen molar-refractivity contribution in [1.29, 1.82) is 0 Å². The van der Waals surface area contributed by atoms with Gasteiger partial charge in [0.15, 0.2) is 17.3 Å². The highest BCUT2D eigenvalue weighted by Gasteiger charge is 2.42. The van der Waals surface area contributed by atoms with Gasteiger partial charge in [-0.25, -0.2) is 0 Å². The third-order valence-corrected chi connectivity index (χ3v) is 1.98. The Balaban J connectivity index is 3.22. The van der Waals surface area contributed by atoms with Crippen LogP contribution in [-0.2, 0) is 5.79 Å². The fourth-order valence-corrected chi connectivity index (χ4v) is 0.990. The maximum Gasteiger partial charge on any atom is 0.236 e. The van der Waals surface area contributed by atoms with Crippen LogP contribution in [0.5, 0.6) is 11.5 Å². The first-order valence-corrected chi connectivity index (χ1v) is 4.00. The van der Waals surface area contributed by atoms with Gasteiger partial charge in [0, 0.05) is 5.56 Å². The molecule has 0 atom stereocenters. The van der Waals surface area contributed by atoms with Gasteiger partial charge in [-0.05, 0) is 18.2 Å². The Morgan fingerprint density at radius 2 is 1.47 bits per heavy atom. The van der Waals surface area contributed by atoms with Crippen molar-refractivity contribution in [1.82, 2.24) is 0 Å². The van der Waals surface area contributed by atoms with Crippen LogP contribution >= 0.6 is 0 Å². The third-order valence-electron chi connectivity index (χ3n) is 1.98. The zero-order valence-electron chi connectivity index (χ0n) is 7.75. The molecule has 0 bridgehead atoms. The van der Waals surface area contributed by atoms with Crippen LogP contribution in [0, 0.1) is 0 Å². The summed E-state index contributed by atoms with van der Waals surface area (Å²) in [6.07, 6.45) is 0. The van der Waals surface area contributed by atoms with Gasteiger partial charge in [-0.2, -0.15) is 0 Å². The topological polar surface area (TPSA) is 159 Å². The first-order valence-electron chi connectivity index (χ1n) is 4.00. The van der Waals surface area contributed by atoms with Crippen molar-refractivity contribution in [2.24, 2.45) is 17.2 Å². The highest BCUT2D eigenvalue weighted by molar-refractivity contribution is 5.42. The van der Waals surface area contributed by atoms with E-state index in [0.717, 1.165) is 18.2 Å².